The van der Waals surface area contributed by atoms with Crippen LogP contribution in [0.25, 0.3) is 28.3 Å². The van der Waals surface area contributed by atoms with Crippen LogP contribution in [0.3, 0.4) is 0 Å². The molecule has 4 heterocycles. The van der Waals surface area contributed by atoms with Crippen molar-refractivity contribution in [1.29, 1.82) is 0 Å². The first-order chi connectivity index (χ1) is 16.0. The molecule has 0 aromatic carbocycles. The van der Waals surface area contributed by atoms with E-state index < -0.39 is 27.2 Å². The summed E-state index contributed by atoms with van der Waals surface area (Å²) in [6, 6.07) is 6.27. The summed E-state index contributed by atoms with van der Waals surface area (Å²) >= 11 is 0. The monoisotopic (exact) mass is 491 g/mol. The lowest BCUT2D eigenvalue weighted by atomic mass is 10.1. The highest BCUT2D eigenvalue weighted by atomic mass is 32.2. The Labute approximate surface area is 191 Å². The van der Waals surface area contributed by atoms with Crippen LogP contribution in [-0.4, -0.2) is 38.7 Å². The van der Waals surface area contributed by atoms with Gasteiger partial charge in [-0.05, 0) is 37.1 Å². The molecule has 0 aliphatic heterocycles. The topological polar surface area (TPSA) is 90.1 Å². The van der Waals surface area contributed by atoms with Crippen LogP contribution in [0.1, 0.15) is 31.0 Å². The molecule has 0 N–H and O–H groups in total. The van der Waals surface area contributed by atoms with E-state index in [1.165, 1.54) is 25.4 Å². The Morgan fingerprint density at radius 3 is 2.41 bits per heavy atom. The van der Waals surface area contributed by atoms with Gasteiger partial charge in [-0.15, -0.1) is 5.10 Å². The average Bonchev–Trinajstić information content (AvgIpc) is 3.42. The third kappa shape index (κ3) is 3.91. The van der Waals surface area contributed by atoms with Crippen molar-refractivity contribution in [1.82, 2.24) is 24.6 Å². The molecule has 4 aromatic heterocycles. The molecule has 12 heteroatoms. The molecular weight excluding hydrogens is 474 g/mol. The highest BCUT2D eigenvalue weighted by Crippen LogP contribution is 2.48. The number of rotatable bonds is 5. The second-order valence-electron chi connectivity index (χ2n) is 8.02. The molecule has 34 heavy (non-hydrogen) atoms. The molecule has 0 unspecified atom stereocenters. The summed E-state index contributed by atoms with van der Waals surface area (Å²) in [6.45, 7) is 1.46. The molecule has 5 rings (SSSR count). The van der Waals surface area contributed by atoms with Crippen LogP contribution >= 0.6 is 0 Å². The average molecular weight is 491 g/mol. The van der Waals surface area contributed by atoms with E-state index in [0.717, 1.165) is 22.8 Å². The third-order valence-electron chi connectivity index (χ3n) is 5.69. The molecule has 0 atom stereocenters. The van der Waals surface area contributed by atoms with Crippen molar-refractivity contribution < 1.29 is 26.0 Å². The quantitative estimate of drug-likeness (QED) is 0.379. The van der Waals surface area contributed by atoms with E-state index >= 15 is 0 Å². The number of pyridine rings is 3. The summed E-state index contributed by atoms with van der Waals surface area (Å²) in [5.41, 5.74) is -1.17. The van der Waals surface area contributed by atoms with Crippen LogP contribution in [0, 0.1) is 0 Å². The van der Waals surface area contributed by atoms with Crippen LogP contribution in [0.4, 0.5) is 17.6 Å². The fourth-order valence-electron chi connectivity index (χ4n) is 3.52. The van der Waals surface area contributed by atoms with Crippen molar-refractivity contribution in [3.8, 4) is 22.6 Å². The maximum absolute atomic E-state index is 14.2. The zero-order valence-electron chi connectivity index (χ0n) is 17.7. The fraction of sp³-hybridized carbons (Fsp3) is 0.273. The number of sulfone groups is 1. The second kappa shape index (κ2) is 7.55. The number of nitrogens with zero attached hydrogens (tertiary/aromatic N) is 5. The van der Waals surface area contributed by atoms with E-state index in [4.69, 9.17) is 0 Å². The van der Waals surface area contributed by atoms with E-state index in [-0.39, 0.29) is 27.8 Å². The Morgan fingerprint density at radius 2 is 1.79 bits per heavy atom. The Morgan fingerprint density at radius 1 is 1.06 bits per heavy atom. The van der Waals surface area contributed by atoms with Crippen LogP contribution in [0.5, 0.6) is 0 Å². The highest BCUT2D eigenvalue weighted by molar-refractivity contribution is 7.91. The molecule has 0 amide bonds. The maximum atomic E-state index is 14.2. The van der Waals surface area contributed by atoms with E-state index in [1.54, 1.807) is 12.1 Å². The molecule has 0 spiro atoms. The summed E-state index contributed by atoms with van der Waals surface area (Å²) in [5.74, 6) is -0.363. The summed E-state index contributed by atoms with van der Waals surface area (Å²) in [6.07, 6.45) is 0.235. The van der Waals surface area contributed by atoms with Gasteiger partial charge in [0.2, 0.25) is 5.82 Å². The summed E-state index contributed by atoms with van der Waals surface area (Å²) < 4.78 is 80.2. The lowest BCUT2D eigenvalue weighted by Crippen LogP contribution is -2.08. The van der Waals surface area contributed by atoms with Gasteiger partial charge in [0.25, 0.3) is 0 Å². The molecule has 4 aromatic rings. The van der Waals surface area contributed by atoms with E-state index in [2.05, 4.69) is 20.1 Å². The molecule has 1 saturated carbocycles. The Kier molecular flexibility index (Phi) is 4.97. The van der Waals surface area contributed by atoms with Crippen LogP contribution in [-0.2, 0) is 21.7 Å². The summed E-state index contributed by atoms with van der Waals surface area (Å²) in [7, 11) is -3.81. The van der Waals surface area contributed by atoms with Gasteiger partial charge in [-0.25, -0.2) is 22.3 Å². The van der Waals surface area contributed by atoms with Crippen molar-refractivity contribution >= 4 is 15.5 Å². The number of aromatic nitrogens is 5. The number of fused-ring (bicyclic) bond motifs is 1. The van der Waals surface area contributed by atoms with Crippen molar-refractivity contribution in [3.63, 3.8) is 0 Å². The van der Waals surface area contributed by atoms with Gasteiger partial charge in [-0.2, -0.15) is 13.2 Å². The fourth-order valence-corrected chi connectivity index (χ4v) is 4.57. The Balaban J connectivity index is 1.60. The largest absolute Gasteiger partial charge is 0.416 e. The van der Waals surface area contributed by atoms with Gasteiger partial charge in [0.15, 0.2) is 21.2 Å². The Hall–Kier alpha value is -3.41. The first-order valence-electron chi connectivity index (χ1n) is 10.3. The van der Waals surface area contributed by atoms with E-state index in [9.17, 15) is 26.0 Å². The first kappa shape index (κ1) is 22.4. The molecular formula is C22H17F4N5O2S. The van der Waals surface area contributed by atoms with E-state index in [1.807, 2.05) is 0 Å². The van der Waals surface area contributed by atoms with Crippen LogP contribution < -0.4 is 0 Å². The van der Waals surface area contributed by atoms with Crippen LogP contribution in [0.15, 0.2) is 53.8 Å². The van der Waals surface area contributed by atoms with E-state index in [0.29, 0.717) is 29.7 Å². The van der Waals surface area contributed by atoms with Gasteiger partial charge in [0, 0.05) is 29.7 Å². The molecule has 1 aliphatic rings. The molecule has 1 aliphatic carbocycles. The minimum absolute atomic E-state index is 0.0758. The molecule has 7 nitrogen and oxygen atoms in total. The van der Waals surface area contributed by atoms with Gasteiger partial charge in [0.1, 0.15) is 5.69 Å². The standard InChI is InChI=1S/C22H17F4N5O2S/c1-2-34(32,33)16-9-14(13-3-4-17(27-11-13)21(23)6-7-21)12-28-19(16)20-29-18-10-15(22(24,25)26)5-8-31(18)30-20/h3-5,8-12H,2,6-7H2,1H3. The normalized spacial score (nSPS) is 15.6. The molecule has 1 fully saturated rings. The number of halogens is 4. The zero-order chi connectivity index (χ0) is 24.3. The van der Waals surface area contributed by atoms with Gasteiger partial charge >= 0.3 is 6.18 Å². The first-order valence-corrected chi connectivity index (χ1v) is 12.0. The maximum Gasteiger partial charge on any atom is 0.416 e. The van der Waals surface area contributed by atoms with Gasteiger partial charge in [-0.1, -0.05) is 13.0 Å². The van der Waals surface area contributed by atoms with Crippen molar-refractivity contribution in [2.75, 3.05) is 5.75 Å². The molecule has 0 saturated heterocycles. The minimum atomic E-state index is -4.56. The third-order valence-corrected chi connectivity index (χ3v) is 7.43. The summed E-state index contributed by atoms with van der Waals surface area (Å²) in [4.78, 5) is 12.3. The zero-order valence-corrected chi connectivity index (χ0v) is 18.5. The highest BCUT2D eigenvalue weighted by Gasteiger charge is 2.46. The van der Waals surface area contributed by atoms with Crippen LogP contribution in [0.2, 0.25) is 0 Å². The molecule has 0 bridgehead atoms. The minimum Gasteiger partial charge on any atom is -0.257 e. The van der Waals surface area contributed by atoms with Crippen molar-refractivity contribution in [2.45, 2.75) is 36.5 Å². The molecule has 0 radical (unpaired) electrons. The SMILES string of the molecule is CCS(=O)(=O)c1cc(-c2ccc(C3(F)CC3)nc2)cnc1-c1nc2cc(C(F)(F)F)ccn2n1. The Bertz CT molecular complexity index is 1510. The number of alkyl halides is 4. The predicted octanol–water partition coefficient (Wildman–Crippen LogP) is 4.62. The van der Waals surface area contributed by atoms with Crippen molar-refractivity contribution in [3.05, 3.63) is 60.2 Å². The van der Waals surface area contributed by atoms with Gasteiger partial charge < -0.3 is 0 Å². The summed E-state index contributed by atoms with van der Waals surface area (Å²) in [5, 5.41) is 4.12. The van der Waals surface area contributed by atoms with Gasteiger partial charge in [0.05, 0.1) is 21.9 Å². The second-order valence-corrected chi connectivity index (χ2v) is 10.3. The lowest BCUT2D eigenvalue weighted by molar-refractivity contribution is -0.137. The van der Waals surface area contributed by atoms with Gasteiger partial charge in [-0.3, -0.25) is 9.97 Å². The number of hydrogen-bond donors (Lipinski definition) is 0. The predicted molar refractivity (Wildman–Crippen MR) is 114 cm³/mol. The van der Waals surface area contributed by atoms with Crippen molar-refractivity contribution in [2.24, 2.45) is 0 Å². The molecule has 176 valence electrons. The lowest BCUT2D eigenvalue weighted by Gasteiger charge is -2.10. The smallest absolute Gasteiger partial charge is 0.257 e. The number of hydrogen-bond acceptors (Lipinski definition) is 6.